The average Bonchev–Trinajstić information content (AvgIpc) is 2.80. The van der Waals surface area contributed by atoms with Crippen LogP contribution in [0.2, 0.25) is 0 Å². The molecule has 1 unspecified atom stereocenters. The number of likely N-dealkylation sites (tertiary alicyclic amines) is 1. The average molecular weight is 379 g/mol. The number of hydrogen-bond donors (Lipinski definition) is 0. The summed E-state index contributed by atoms with van der Waals surface area (Å²) in [5, 5.41) is -0.283. The van der Waals surface area contributed by atoms with Crippen molar-refractivity contribution in [1.82, 2.24) is 4.90 Å². The lowest BCUT2D eigenvalue weighted by molar-refractivity contribution is -0.146. The van der Waals surface area contributed by atoms with Crippen molar-refractivity contribution in [3.8, 4) is 0 Å². The summed E-state index contributed by atoms with van der Waals surface area (Å²) < 4.78 is 0. The van der Waals surface area contributed by atoms with E-state index in [1.807, 2.05) is 13.8 Å². The van der Waals surface area contributed by atoms with Gasteiger partial charge >= 0.3 is 0 Å². The van der Waals surface area contributed by atoms with Crippen LogP contribution in [0, 0.1) is 5.41 Å². The first-order valence-electron chi connectivity index (χ1n) is 9.81. The summed E-state index contributed by atoms with van der Waals surface area (Å²) in [6.07, 6.45) is 7.95. The van der Waals surface area contributed by atoms with E-state index in [2.05, 4.69) is 6.92 Å². The van der Waals surface area contributed by atoms with Crippen molar-refractivity contribution < 1.29 is 14.4 Å². The normalized spacial score (nSPS) is 18.7. The van der Waals surface area contributed by atoms with Crippen molar-refractivity contribution in [1.29, 1.82) is 0 Å². The summed E-state index contributed by atoms with van der Waals surface area (Å²) in [5.74, 6) is 0.661. The number of amides is 2. The van der Waals surface area contributed by atoms with Crippen molar-refractivity contribution in [2.45, 2.75) is 96.8 Å². The van der Waals surface area contributed by atoms with Crippen molar-refractivity contribution in [3.05, 3.63) is 0 Å². The van der Waals surface area contributed by atoms with Crippen LogP contribution < -0.4 is 0 Å². The third-order valence-corrected chi connectivity index (χ3v) is 6.36. The van der Waals surface area contributed by atoms with E-state index < -0.39 is 16.6 Å². The largest absolute Gasteiger partial charge is 0.312 e. The molecule has 1 atom stereocenters. The molecule has 146 valence electrons. The Morgan fingerprint density at radius 2 is 1.69 bits per heavy atom. The predicted molar refractivity (Wildman–Crippen MR) is 109 cm³/mol. The molecule has 4 nitrogen and oxygen atoms in total. The molecule has 1 aliphatic rings. The van der Waals surface area contributed by atoms with Crippen molar-refractivity contribution in [3.63, 3.8) is 0 Å². The zero-order valence-corrected chi connectivity index (χ0v) is 17.9. The van der Waals surface area contributed by atoms with E-state index in [-0.39, 0.29) is 23.5 Å². The molecule has 6 heteroatoms. The monoisotopic (exact) mass is 379 g/mol. The van der Waals surface area contributed by atoms with Crippen LogP contribution in [0.3, 0.4) is 0 Å². The molecule has 0 bridgehead atoms. The third-order valence-electron chi connectivity index (χ3n) is 5.07. The molecule has 0 saturated carbocycles. The first-order chi connectivity index (χ1) is 12.0. The van der Waals surface area contributed by atoms with Crippen molar-refractivity contribution in [2.24, 2.45) is 5.41 Å². The van der Waals surface area contributed by atoms with Gasteiger partial charge in [0.15, 0.2) is 7.85 Å². The van der Waals surface area contributed by atoms with E-state index in [4.69, 9.17) is 7.85 Å². The number of nitrogens with zero attached hydrogens (tertiary/aromatic N) is 1. The highest BCUT2D eigenvalue weighted by Gasteiger charge is 2.48. The number of thioether (sulfide) groups is 1. The van der Waals surface area contributed by atoms with Gasteiger partial charge in [-0.2, -0.15) is 0 Å². The molecular weight excluding hydrogens is 345 g/mol. The molecule has 0 aromatic carbocycles. The van der Waals surface area contributed by atoms with E-state index in [0.717, 1.165) is 12.2 Å². The van der Waals surface area contributed by atoms with E-state index in [1.54, 1.807) is 25.6 Å². The van der Waals surface area contributed by atoms with Gasteiger partial charge < -0.3 is 4.79 Å². The fraction of sp³-hybridized carbons (Fsp3) is 0.850. The third kappa shape index (κ3) is 6.43. The van der Waals surface area contributed by atoms with Gasteiger partial charge in [-0.25, -0.2) is 0 Å². The maximum absolute atomic E-state index is 12.8. The minimum Gasteiger partial charge on any atom is -0.312 e. The second-order valence-electron chi connectivity index (χ2n) is 8.64. The molecule has 1 fully saturated rings. The van der Waals surface area contributed by atoms with Crippen LogP contribution in [0.25, 0.3) is 0 Å². The Kier molecular flexibility index (Phi) is 8.91. The number of unbranched alkanes of at least 4 members (excludes halogenated alkanes) is 5. The SMILES string of the molecule is [B]C(=O)C(C)(C)CC(C)(C)N1C(=O)CC(SCCCCCCCC)C1=O. The van der Waals surface area contributed by atoms with Crippen LogP contribution in [0.5, 0.6) is 0 Å². The van der Waals surface area contributed by atoms with Crippen molar-refractivity contribution in [2.75, 3.05) is 5.75 Å². The molecule has 0 spiro atoms. The fourth-order valence-corrected chi connectivity index (χ4v) is 4.89. The molecule has 0 aromatic rings. The Bertz CT molecular complexity index is 519. The standard InChI is InChI=1S/C20H34BNO3S/c1-6-7-8-9-10-11-12-26-15-13-16(23)22(17(15)24)20(4,5)14-19(2,3)18(21)25/h15H,6-14H2,1-5H3. The van der Waals surface area contributed by atoms with Crippen LogP contribution in [0.15, 0.2) is 0 Å². The van der Waals surface area contributed by atoms with E-state index >= 15 is 0 Å². The fourth-order valence-electron chi connectivity index (χ4n) is 3.73. The van der Waals surface area contributed by atoms with Crippen molar-refractivity contribution >= 4 is 37.1 Å². The van der Waals surface area contributed by atoms with Crippen LogP contribution >= 0.6 is 11.8 Å². The maximum Gasteiger partial charge on any atom is 0.243 e. The minimum atomic E-state index is -0.770. The van der Waals surface area contributed by atoms with Gasteiger partial charge in [-0.3, -0.25) is 14.5 Å². The van der Waals surface area contributed by atoms with Gasteiger partial charge in [0.25, 0.3) is 0 Å². The molecule has 1 rings (SSSR count). The van der Waals surface area contributed by atoms with Crippen LogP contribution in [-0.4, -0.2) is 46.8 Å². The zero-order valence-electron chi connectivity index (χ0n) is 17.1. The Hall–Kier alpha value is -0.775. The summed E-state index contributed by atoms with van der Waals surface area (Å²) in [5.41, 5.74) is -1.91. The molecule has 26 heavy (non-hydrogen) atoms. The summed E-state index contributed by atoms with van der Waals surface area (Å²) in [6, 6.07) is 0. The lowest BCUT2D eigenvalue weighted by atomic mass is 9.70. The molecule has 2 amide bonds. The lowest BCUT2D eigenvalue weighted by Gasteiger charge is -2.39. The maximum atomic E-state index is 12.8. The van der Waals surface area contributed by atoms with Crippen LogP contribution in [-0.2, 0) is 14.4 Å². The Morgan fingerprint density at radius 3 is 2.27 bits per heavy atom. The molecule has 1 heterocycles. The summed E-state index contributed by atoms with van der Waals surface area (Å²) in [6.45, 7) is 9.40. The minimum absolute atomic E-state index is 0.115. The van der Waals surface area contributed by atoms with Gasteiger partial charge in [-0.1, -0.05) is 52.9 Å². The second-order valence-corrected chi connectivity index (χ2v) is 9.95. The topological polar surface area (TPSA) is 54.5 Å². The number of imide groups is 1. The van der Waals surface area contributed by atoms with Gasteiger partial charge in [0.2, 0.25) is 11.8 Å². The molecular formula is C20H34BNO3S. The summed E-state index contributed by atoms with van der Waals surface area (Å²) >= 11 is 1.60. The number of hydrogen-bond acceptors (Lipinski definition) is 4. The van der Waals surface area contributed by atoms with Gasteiger partial charge in [0, 0.05) is 17.4 Å². The van der Waals surface area contributed by atoms with Gasteiger partial charge in [0.05, 0.1) is 10.9 Å². The quantitative estimate of drug-likeness (QED) is 0.291. The summed E-state index contributed by atoms with van der Waals surface area (Å²) in [7, 11) is 5.47. The highest BCUT2D eigenvalue weighted by Crippen LogP contribution is 2.37. The predicted octanol–water partition coefficient (Wildman–Crippen LogP) is 4.10. The molecule has 0 N–H and O–H groups in total. The number of carbonyl (C=O) groups excluding carboxylic acids is 3. The molecule has 1 aliphatic heterocycles. The lowest BCUT2D eigenvalue weighted by Crippen LogP contribution is -2.51. The van der Waals surface area contributed by atoms with Gasteiger partial charge in [-0.05, 0) is 32.4 Å². The Morgan fingerprint density at radius 1 is 1.12 bits per heavy atom. The molecule has 2 radical (unpaired) electrons. The first kappa shape index (κ1) is 23.3. The summed E-state index contributed by atoms with van der Waals surface area (Å²) in [4.78, 5) is 38.3. The smallest absolute Gasteiger partial charge is 0.243 e. The van der Waals surface area contributed by atoms with E-state index in [9.17, 15) is 14.4 Å². The Balaban J connectivity index is 2.56. The van der Waals surface area contributed by atoms with E-state index in [0.29, 0.717) is 6.42 Å². The van der Waals surface area contributed by atoms with E-state index in [1.165, 1.54) is 37.0 Å². The van der Waals surface area contributed by atoms with Crippen LogP contribution in [0.1, 0.15) is 86.0 Å². The number of carbonyl (C=O) groups is 3. The second kappa shape index (κ2) is 9.96. The Labute approximate surface area is 164 Å². The van der Waals surface area contributed by atoms with Gasteiger partial charge in [0.1, 0.15) is 0 Å². The van der Waals surface area contributed by atoms with Gasteiger partial charge in [-0.15, -0.1) is 11.8 Å². The highest BCUT2D eigenvalue weighted by molar-refractivity contribution is 8.00. The molecule has 0 aliphatic carbocycles. The zero-order chi connectivity index (χ0) is 20.0. The molecule has 1 saturated heterocycles. The number of rotatable bonds is 12. The highest BCUT2D eigenvalue weighted by atomic mass is 32.2. The van der Waals surface area contributed by atoms with Crippen LogP contribution in [0.4, 0.5) is 0 Å². The molecule has 0 aromatic heterocycles. The first-order valence-corrected chi connectivity index (χ1v) is 10.9.